The fraction of sp³-hybridized carbons (Fsp3) is 0.0385. The zero-order chi connectivity index (χ0) is 23.0. The predicted octanol–water partition coefficient (Wildman–Crippen LogP) is 6.72. The van der Waals surface area contributed by atoms with Crippen LogP contribution in [0.2, 0.25) is 0 Å². The number of nitrogens with one attached hydrogen (secondary N) is 1. The molecule has 1 N–H and O–H groups in total. The standard InChI is InChI=1S/C26H16F3N3O/c27-26(28,29)17-10-11-21-20(14-17)23(12-13-30-21)32-25(33)19-15-24(16-6-2-1-3-7-16)31-22-9-5-4-8-18(19)22/h1-15H,(H,30,32,33). The number of fused-ring (bicyclic) bond motifs is 2. The molecule has 0 saturated carbocycles. The molecule has 3 aromatic carbocycles. The van der Waals surface area contributed by atoms with E-state index in [2.05, 4.69) is 15.3 Å². The number of rotatable bonds is 3. The molecule has 7 heteroatoms. The van der Waals surface area contributed by atoms with E-state index < -0.39 is 17.6 Å². The van der Waals surface area contributed by atoms with Crippen LogP contribution in [0.1, 0.15) is 15.9 Å². The highest BCUT2D eigenvalue weighted by atomic mass is 19.4. The van der Waals surface area contributed by atoms with E-state index in [0.29, 0.717) is 27.7 Å². The molecule has 0 saturated heterocycles. The van der Waals surface area contributed by atoms with Gasteiger partial charge in [-0.1, -0.05) is 48.5 Å². The maximum absolute atomic E-state index is 13.4. The molecule has 0 fully saturated rings. The molecular weight excluding hydrogens is 427 g/mol. The largest absolute Gasteiger partial charge is 0.416 e. The second-order valence-electron chi connectivity index (χ2n) is 7.48. The summed E-state index contributed by atoms with van der Waals surface area (Å²) in [6.45, 7) is 0. The van der Waals surface area contributed by atoms with Gasteiger partial charge in [0, 0.05) is 22.5 Å². The SMILES string of the molecule is O=C(Nc1ccnc2ccc(C(F)(F)F)cc12)c1cc(-c2ccccc2)nc2ccccc12. The summed E-state index contributed by atoms with van der Waals surface area (Å²) in [7, 11) is 0. The molecule has 0 bridgehead atoms. The van der Waals surface area contributed by atoms with Gasteiger partial charge in [-0.15, -0.1) is 0 Å². The second-order valence-corrected chi connectivity index (χ2v) is 7.48. The predicted molar refractivity (Wildman–Crippen MR) is 122 cm³/mol. The van der Waals surface area contributed by atoms with E-state index in [1.165, 1.54) is 18.3 Å². The van der Waals surface area contributed by atoms with Crippen molar-refractivity contribution in [1.29, 1.82) is 0 Å². The normalized spacial score (nSPS) is 11.6. The number of carbonyl (C=O) groups excluding carboxylic acids is 1. The summed E-state index contributed by atoms with van der Waals surface area (Å²) >= 11 is 0. The maximum atomic E-state index is 13.4. The van der Waals surface area contributed by atoms with Crippen LogP contribution >= 0.6 is 0 Å². The molecule has 5 aromatic rings. The quantitative estimate of drug-likeness (QED) is 0.337. The lowest BCUT2D eigenvalue weighted by atomic mass is 10.0. The van der Waals surface area contributed by atoms with Gasteiger partial charge in [0.2, 0.25) is 0 Å². The number of anilines is 1. The maximum Gasteiger partial charge on any atom is 0.416 e. The molecule has 0 unspecified atom stereocenters. The van der Waals surface area contributed by atoms with Crippen molar-refractivity contribution >= 4 is 33.4 Å². The Bertz CT molecular complexity index is 1500. The number of nitrogens with zero attached hydrogens (tertiary/aromatic N) is 2. The third-order valence-corrected chi connectivity index (χ3v) is 5.35. The summed E-state index contributed by atoms with van der Waals surface area (Å²) in [5.74, 6) is -0.448. The van der Waals surface area contributed by atoms with E-state index in [1.54, 1.807) is 18.2 Å². The van der Waals surface area contributed by atoms with Crippen LogP contribution in [0.3, 0.4) is 0 Å². The number of para-hydroxylation sites is 1. The van der Waals surface area contributed by atoms with Crippen LogP contribution in [0.25, 0.3) is 33.1 Å². The van der Waals surface area contributed by atoms with Crippen molar-refractivity contribution in [2.45, 2.75) is 6.18 Å². The summed E-state index contributed by atoms with van der Waals surface area (Å²) < 4.78 is 39.7. The molecule has 2 heterocycles. The molecule has 5 rings (SSSR count). The Labute approximate surface area is 186 Å². The zero-order valence-corrected chi connectivity index (χ0v) is 17.1. The summed E-state index contributed by atoms with van der Waals surface area (Å²) in [4.78, 5) is 22.1. The highest BCUT2D eigenvalue weighted by Crippen LogP contribution is 2.33. The first kappa shape index (κ1) is 20.6. The molecular formula is C26H16F3N3O. The number of pyridine rings is 2. The molecule has 0 spiro atoms. The number of amides is 1. The minimum absolute atomic E-state index is 0.210. The van der Waals surface area contributed by atoms with Crippen LogP contribution in [0.5, 0.6) is 0 Å². The van der Waals surface area contributed by atoms with Crippen LogP contribution in [0, 0.1) is 0 Å². The van der Waals surface area contributed by atoms with Gasteiger partial charge < -0.3 is 5.32 Å². The van der Waals surface area contributed by atoms with Crippen LogP contribution in [0.4, 0.5) is 18.9 Å². The first-order chi connectivity index (χ1) is 15.9. The van der Waals surface area contributed by atoms with E-state index in [0.717, 1.165) is 17.7 Å². The third-order valence-electron chi connectivity index (χ3n) is 5.35. The Hall–Kier alpha value is -4.26. The monoisotopic (exact) mass is 443 g/mol. The summed E-state index contributed by atoms with van der Waals surface area (Å²) in [6.07, 6.45) is -3.05. The van der Waals surface area contributed by atoms with E-state index in [1.807, 2.05) is 42.5 Å². The average molecular weight is 443 g/mol. The van der Waals surface area contributed by atoms with Gasteiger partial charge in [0.05, 0.1) is 33.5 Å². The van der Waals surface area contributed by atoms with Crippen molar-refractivity contribution in [3.05, 3.63) is 102 Å². The molecule has 0 aliphatic heterocycles. The van der Waals surface area contributed by atoms with Gasteiger partial charge in [0.25, 0.3) is 5.91 Å². The topological polar surface area (TPSA) is 54.9 Å². The minimum Gasteiger partial charge on any atom is -0.321 e. The van der Waals surface area contributed by atoms with Gasteiger partial charge in [-0.2, -0.15) is 13.2 Å². The van der Waals surface area contributed by atoms with Crippen LogP contribution in [-0.2, 0) is 6.18 Å². The molecule has 4 nitrogen and oxygen atoms in total. The van der Waals surface area contributed by atoms with Gasteiger partial charge in [0.1, 0.15) is 0 Å². The lowest BCUT2D eigenvalue weighted by Gasteiger charge is -2.13. The van der Waals surface area contributed by atoms with Gasteiger partial charge in [-0.05, 0) is 36.4 Å². The van der Waals surface area contributed by atoms with E-state index in [4.69, 9.17) is 0 Å². The summed E-state index contributed by atoms with van der Waals surface area (Å²) in [5.41, 5.74) is 2.28. The number of alkyl halides is 3. The van der Waals surface area contributed by atoms with Gasteiger partial charge in [0.15, 0.2) is 0 Å². The van der Waals surface area contributed by atoms with Crippen molar-refractivity contribution in [3.8, 4) is 11.3 Å². The van der Waals surface area contributed by atoms with Crippen LogP contribution in [0.15, 0.2) is 91.1 Å². The fourth-order valence-corrected chi connectivity index (χ4v) is 3.74. The molecule has 0 atom stereocenters. The molecule has 1 amide bonds. The number of aromatic nitrogens is 2. The average Bonchev–Trinajstić information content (AvgIpc) is 2.83. The number of carbonyl (C=O) groups is 1. The number of hydrogen-bond donors (Lipinski definition) is 1. The van der Waals surface area contributed by atoms with Crippen molar-refractivity contribution in [2.24, 2.45) is 0 Å². The highest BCUT2D eigenvalue weighted by Gasteiger charge is 2.30. The Morgan fingerprint density at radius 2 is 1.55 bits per heavy atom. The Balaban J connectivity index is 1.61. The Morgan fingerprint density at radius 3 is 2.33 bits per heavy atom. The minimum atomic E-state index is -4.50. The number of hydrogen-bond acceptors (Lipinski definition) is 3. The Kier molecular flexibility index (Phi) is 5.01. The number of halogens is 3. The van der Waals surface area contributed by atoms with E-state index in [-0.39, 0.29) is 11.1 Å². The second kappa shape index (κ2) is 8.02. The lowest BCUT2D eigenvalue weighted by molar-refractivity contribution is -0.137. The molecule has 0 aliphatic carbocycles. The molecule has 2 aromatic heterocycles. The van der Waals surface area contributed by atoms with E-state index >= 15 is 0 Å². The van der Waals surface area contributed by atoms with Crippen molar-refractivity contribution in [1.82, 2.24) is 9.97 Å². The van der Waals surface area contributed by atoms with Gasteiger partial charge in [-0.3, -0.25) is 9.78 Å². The summed E-state index contributed by atoms with van der Waals surface area (Å²) in [5, 5.41) is 3.63. The summed E-state index contributed by atoms with van der Waals surface area (Å²) in [6, 6.07) is 23.1. The lowest BCUT2D eigenvalue weighted by Crippen LogP contribution is -2.14. The van der Waals surface area contributed by atoms with Gasteiger partial charge in [-0.25, -0.2) is 4.98 Å². The highest BCUT2D eigenvalue weighted by molar-refractivity contribution is 6.15. The number of benzene rings is 3. The fourth-order valence-electron chi connectivity index (χ4n) is 3.74. The van der Waals surface area contributed by atoms with Gasteiger partial charge >= 0.3 is 6.18 Å². The van der Waals surface area contributed by atoms with Crippen LogP contribution in [-0.4, -0.2) is 15.9 Å². The van der Waals surface area contributed by atoms with Crippen molar-refractivity contribution in [3.63, 3.8) is 0 Å². The third kappa shape index (κ3) is 4.01. The first-order valence-electron chi connectivity index (χ1n) is 10.1. The first-order valence-corrected chi connectivity index (χ1v) is 10.1. The van der Waals surface area contributed by atoms with E-state index in [9.17, 15) is 18.0 Å². The molecule has 33 heavy (non-hydrogen) atoms. The zero-order valence-electron chi connectivity index (χ0n) is 17.1. The van der Waals surface area contributed by atoms with Crippen molar-refractivity contribution < 1.29 is 18.0 Å². The molecule has 162 valence electrons. The smallest absolute Gasteiger partial charge is 0.321 e. The molecule has 0 radical (unpaired) electrons. The Morgan fingerprint density at radius 1 is 0.788 bits per heavy atom. The van der Waals surface area contributed by atoms with Crippen molar-refractivity contribution in [2.75, 3.05) is 5.32 Å². The van der Waals surface area contributed by atoms with Crippen LogP contribution < -0.4 is 5.32 Å². The molecule has 0 aliphatic rings.